The van der Waals surface area contributed by atoms with Gasteiger partial charge in [-0.2, -0.15) is 0 Å². The second-order valence-electron chi connectivity index (χ2n) is 8.75. The summed E-state index contributed by atoms with van der Waals surface area (Å²) in [6.07, 6.45) is -0.680. The lowest BCUT2D eigenvalue weighted by atomic mass is 9.88. The summed E-state index contributed by atoms with van der Waals surface area (Å²) in [6.45, 7) is 0. The topological polar surface area (TPSA) is 107 Å². The summed E-state index contributed by atoms with van der Waals surface area (Å²) in [5, 5.41) is 0. The molecule has 5 rings (SSSR count). The van der Waals surface area contributed by atoms with Gasteiger partial charge in [0.15, 0.2) is 29.8 Å². The van der Waals surface area contributed by atoms with Crippen molar-refractivity contribution in [3.63, 3.8) is 0 Å². The van der Waals surface area contributed by atoms with Crippen LogP contribution in [0.3, 0.4) is 0 Å². The van der Waals surface area contributed by atoms with Gasteiger partial charge in [0.2, 0.25) is 5.90 Å². The molecule has 1 heterocycles. The van der Waals surface area contributed by atoms with Gasteiger partial charge in [0.25, 0.3) is 0 Å². The van der Waals surface area contributed by atoms with Crippen molar-refractivity contribution in [1.82, 2.24) is 0 Å². The van der Waals surface area contributed by atoms with Crippen LogP contribution in [0.25, 0.3) is 0 Å². The van der Waals surface area contributed by atoms with E-state index in [0.29, 0.717) is 11.1 Å². The second kappa shape index (κ2) is 10.00. The molecule has 0 radical (unpaired) electrons. The van der Waals surface area contributed by atoms with E-state index >= 15 is 0 Å². The zero-order chi connectivity index (χ0) is 26.8. The first-order chi connectivity index (χ1) is 18.2. The molecule has 4 aromatic rings. The van der Waals surface area contributed by atoms with Crippen molar-refractivity contribution in [2.45, 2.75) is 26.3 Å². The Balaban J connectivity index is 1.74. The smallest absolute Gasteiger partial charge is 0.345 e. The Morgan fingerprint density at radius 2 is 1.05 bits per heavy atom. The van der Waals surface area contributed by atoms with E-state index in [1.165, 1.54) is 48.5 Å². The van der Waals surface area contributed by atoms with Gasteiger partial charge in [-0.25, -0.2) is 26.6 Å². The van der Waals surface area contributed by atoms with Crippen LogP contribution in [0.15, 0.2) is 136 Å². The molecule has 0 saturated carbocycles. The van der Waals surface area contributed by atoms with E-state index in [1.54, 1.807) is 72.8 Å². The minimum Gasteiger partial charge on any atom is -0.405 e. The largest absolute Gasteiger partial charge is 0.405 e. The van der Waals surface area contributed by atoms with Crippen molar-refractivity contribution in [2.75, 3.05) is 0 Å². The van der Waals surface area contributed by atoms with Crippen molar-refractivity contribution in [1.29, 1.82) is 0 Å². The summed E-state index contributed by atoms with van der Waals surface area (Å²) >= 11 is 0. The highest BCUT2D eigenvalue weighted by Gasteiger charge is 2.54. The Morgan fingerprint density at radius 3 is 1.53 bits per heavy atom. The molecule has 9 heteroatoms. The molecule has 0 saturated heterocycles. The van der Waals surface area contributed by atoms with Crippen molar-refractivity contribution in [2.24, 2.45) is 4.99 Å². The third-order valence-electron chi connectivity index (χ3n) is 6.39. The van der Waals surface area contributed by atoms with Crippen LogP contribution in [0.4, 0.5) is 0 Å². The number of sulfone groups is 2. The molecular weight excluding hydrogens is 522 g/mol. The van der Waals surface area contributed by atoms with Gasteiger partial charge in [0.05, 0.1) is 9.79 Å². The molecule has 38 heavy (non-hydrogen) atoms. The van der Waals surface area contributed by atoms with E-state index in [9.17, 15) is 21.6 Å². The van der Waals surface area contributed by atoms with E-state index < -0.39 is 42.2 Å². The van der Waals surface area contributed by atoms with Gasteiger partial charge in [0, 0.05) is 12.0 Å². The van der Waals surface area contributed by atoms with Crippen molar-refractivity contribution >= 4 is 31.5 Å². The van der Waals surface area contributed by atoms with Gasteiger partial charge in [-0.15, -0.1) is 0 Å². The van der Waals surface area contributed by atoms with E-state index in [4.69, 9.17) is 4.74 Å². The predicted octanol–water partition coefficient (Wildman–Crippen LogP) is 4.55. The first kappa shape index (κ1) is 25.6. The Hall–Kier alpha value is -4.08. The number of hydrogen-bond donors (Lipinski definition) is 0. The lowest BCUT2D eigenvalue weighted by Gasteiger charge is -2.28. The lowest BCUT2D eigenvalue weighted by molar-refractivity contribution is -0.139. The van der Waals surface area contributed by atoms with Gasteiger partial charge >= 0.3 is 5.97 Å². The number of nitrogens with zero attached hydrogens (tertiary/aromatic N) is 1. The molecule has 0 amide bonds. The minimum absolute atomic E-state index is 0.00702. The van der Waals surface area contributed by atoms with E-state index in [-0.39, 0.29) is 15.7 Å². The molecule has 0 aliphatic carbocycles. The Morgan fingerprint density at radius 1 is 0.632 bits per heavy atom. The van der Waals surface area contributed by atoms with Crippen LogP contribution in [0.5, 0.6) is 0 Å². The molecule has 7 nitrogen and oxygen atoms in total. The number of cyclic esters (lactones) is 1. The van der Waals surface area contributed by atoms with Crippen LogP contribution in [0, 0.1) is 0 Å². The highest BCUT2D eigenvalue weighted by molar-refractivity contribution is 8.09. The van der Waals surface area contributed by atoms with Crippen LogP contribution < -0.4 is 0 Å². The van der Waals surface area contributed by atoms with Crippen LogP contribution in [-0.2, 0) is 34.7 Å². The molecule has 1 aliphatic rings. The maximum atomic E-state index is 14.0. The monoisotopic (exact) mass is 545 g/mol. The lowest BCUT2D eigenvalue weighted by Crippen LogP contribution is -2.41. The fraction of sp³-hybridized carbons (Fsp3) is 0.103. The van der Waals surface area contributed by atoms with Crippen LogP contribution in [0.1, 0.15) is 17.5 Å². The van der Waals surface area contributed by atoms with Crippen LogP contribution in [0.2, 0.25) is 0 Å². The number of carbonyl (C=O) groups is 1. The molecular formula is C29H23NO6S2. The third-order valence-corrected chi connectivity index (χ3v) is 11.5. The first-order valence-corrected chi connectivity index (χ1v) is 14.9. The number of esters is 1. The fourth-order valence-corrected chi connectivity index (χ4v) is 9.01. The third kappa shape index (κ3) is 4.55. The Bertz CT molecular complexity index is 1620. The van der Waals surface area contributed by atoms with E-state index in [2.05, 4.69) is 4.99 Å². The van der Waals surface area contributed by atoms with Crippen molar-refractivity contribution in [3.8, 4) is 0 Å². The molecule has 0 aromatic heterocycles. The quantitative estimate of drug-likeness (QED) is 0.301. The molecule has 0 spiro atoms. The SMILES string of the molecule is O=C1OC(c2ccccc2)=N[C@@]1(CC(S(=O)(=O)c1ccccc1)S(=O)(=O)c1ccccc1)c1ccccc1. The number of rotatable bonds is 8. The molecule has 0 bridgehead atoms. The molecule has 1 atom stereocenters. The van der Waals surface area contributed by atoms with Gasteiger partial charge in [-0.05, 0) is 42.0 Å². The highest BCUT2D eigenvalue weighted by atomic mass is 32.3. The predicted molar refractivity (Wildman–Crippen MR) is 143 cm³/mol. The van der Waals surface area contributed by atoms with E-state index in [1.807, 2.05) is 0 Å². The number of ether oxygens (including phenoxy) is 1. The molecule has 4 aromatic carbocycles. The normalized spacial score (nSPS) is 17.7. The average molecular weight is 546 g/mol. The molecule has 1 aliphatic heterocycles. The van der Waals surface area contributed by atoms with Gasteiger partial charge in [0.1, 0.15) is 0 Å². The van der Waals surface area contributed by atoms with Crippen molar-refractivity contribution in [3.05, 3.63) is 132 Å². The Labute approximate surface area is 221 Å². The van der Waals surface area contributed by atoms with E-state index in [0.717, 1.165) is 0 Å². The minimum atomic E-state index is -4.51. The van der Waals surface area contributed by atoms with Gasteiger partial charge in [-0.3, -0.25) is 0 Å². The highest BCUT2D eigenvalue weighted by Crippen LogP contribution is 2.42. The summed E-state index contributed by atoms with van der Waals surface area (Å²) in [7, 11) is -9.02. The van der Waals surface area contributed by atoms with Gasteiger partial charge < -0.3 is 4.74 Å². The van der Waals surface area contributed by atoms with Crippen LogP contribution in [-0.4, -0.2) is 33.3 Å². The second-order valence-corrected chi connectivity index (χ2v) is 13.3. The Kier molecular flexibility index (Phi) is 6.73. The van der Waals surface area contributed by atoms with Gasteiger partial charge in [-0.1, -0.05) is 84.9 Å². The van der Waals surface area contributed by atoms with Crippen molar-refractivity contribution < 1.29 is 26.4 Å². The first-order valence-electron chi connectivity index (χ1n) is 11.8. The standard InChI is InChI=1S/C29H23NO6S2/c31-28-29(23-15-7-2-8-16-23,30-27(36-28)22-13-5-1-6-14-22)21-26(37(32,33)24-17-9-3-10-18-24)38(34,35)25-19-11-4-12-20-25/h1-20,26H,21H2/t29-/m0/s1. The summed E-state index contributed by atoms with van der Waals surface area (Å²) < 4.78 is 59.5. The number of hydrogen-bond acceptors (Lipinski definition) is 7. The van der Waals surface area contributed by atoms with Crippen LogP contribution >= 0.6 is 0 Å². The molecule has 192 valence electrons. The fourth-order valence-electron chi connectivity index (χ4n) is 4.41. The summed E-state index contributed by atoms with van der Waals surface area (Å²) in [6, 6.07) is 31.7. The summed E-state index contributed by atoms with van der Waals surface area (Å²) in [5.74, 6) is -0.855. The molecule has 0 unspecified atom stereocenters. The maximum Gasteiger partial charge on any atom is 0.345 e. The molecule has 0 N–H and O–H groups in total. The average Bonchev–Trinajstić information content (AvgIpc) is 3.30. The molecule has 0 fully saturated rings. The number of carbonyl (C=O) groups excluding carboxylic acids is 1. The maximum absolute atomic E-state index is 14.0. The number of benzene rings is 4. The summed E-state index contributed by atoms with van der Waals surface area (Å²) in [4.78, 5) is 17.9. The summed E-state index contributed by atoms with van der Waals surface area (Å²) in [5.41, 5.74) is -1.08. The zero-order valence-corrected chi connectivity index (χ0v) is 21.7. The number of aliphatic imine (C=N–C) groups is 1. The zero-order valence-electron chi connectivity index (χ0n) is 20.0.